The summed E-state index contributed by atoms with van der Waals surface area (Å²) in [4.78, 5) is 36.5. The molecule has 0 saturated carbocycles. The van der Waals surface area contributed by atoms with Gasteiger partial charge in [-0.15, -0.1) is 0 Å². The SMILES string of the molecule is CC[NH+](CC(=O)NCCc1ccccc1C)CC(=O)Nc1ccc(NC(C)=O)cc1. The van der Waals surface area contributed by atoms with Crippen LogP contribution in [0.5, 0.6) is 0 Å². The van der Waals surface area contributed by atoms with Gasteiger partial charge in [0.25, 0.3) is 11.8 Å². The van der Waals surface area contributed by atoms with Crippen LogP contribution in [0.3, 0.4) is 0 Å². The Morgan fingerprint density at radius 3 is 2.07 bits per heavy atom. The zero-order valence-electron chi connectivity index (χ0n) is 17.9. The van der Waals surface area contributed by atoms with E-state index in [1.54, 1.807) is 24.3 Å². The van der Waals surface area contributed by atoms with E-state index in [9.17, 15) is 14.4 Å². The molecule has 160 valence electrons. The number of carbonyl (C=O) groups excluding carboxylic acids is 3. The highest BCUT2D eigenvalue weighted by Crippen LogP contribution is 2.13. The van der Waals surface area contributed by atoms with Gasteiger partial charge in [-0.3, -0.25) is 14.4 Å². The van der Waals surface area contributed by atoms with Crippen molar-refractivity contribution in [3.8, 4) is 0 Å². The second-order valence-corrected chi connectivity index (χ2v) is 7.29. The Morgan fingerprint density at radius 1 is 0.867 bits per heavy atom. The maximum Gasteiger partial charge on any atom is 0.279 e. The molecule has 4 N–H and O–H groups in total. The summed E-state index contributed by atoms with van der Waals surface area (Å²) in [6.45, 7) is 7.15. The second kappa shape index (κ2) is 11.7. The number of benzene rings is 2. The minimum Gasteiger partial charge on any atom is -0.351 e. The quantitative estimate of drug-likeness (QED) is 0.473. The molecular weight excluding hydrogens is 380 g/mol. The van der Waals surface area contributed by atoms with Gasteiger partial charge < -0.3 is 20.9 Å². The molecule has 7 heteroatoms. The van der Waals surface area contributed by atoms with Gasteiger partial charge in [-0.05, 0) is 55.7 Å². The first-order valence-corrected chi connectivity index (χ1v) is 10.2. The number of quaternary nitrogens is 1. The molecular formula is C23H31N4O3+. The van der Waals surface area contributed by atoms with Crippen molar-refractivity contribution in [1.82, 2.24) is 5.32 Å². The molecule has 0 fully saturated rings. The van der Waals surface area contributed by atoms with E-state index >= 15 is 0 Å². The van der Waals surface area contributed by atoms with Crippen LogP contribution < -0.4 is 20.9 Å². The number of aryl methyl sites for hydroxylation is 1. The molecule has 7 nitrogen and oxygen atoms in total. The minimum absolute atomic E-state index is 0.0621. The summed E-state index contributed by atoms with van der Waals surface area (Å²) in [6, 6.07) is 15.0. The van der Waals surface area contributed by atoms with Crippen molar-refractivity contribution in [2.45, 2.75) is 27.2 Å². The lowest BCUT2D eigenvalue weighted by Crippen LogP contribution is -3.14. The van der Waals surface area contributed by atoms with Crippen LogP contribution in [-0.2, 0) is 20.8 Å². The molecule has 3 amide bonds. The number of rotatable bonds is 10. The topological polar surface area (TPSA) is 91.7 Å². The molecule has 0 heterocycles. The van der Waals surface area contributed by atoms with Gasteiger partial charge in [0.15, 0.2) is 13.1 Å². The summed E-state index contributed by atoms with van der Waals surface area (Å²) in [6.07, 6.45) is 0.787. The van der Waals surface area contributed by atoms with Crippen molar-refractivity contribution in [3.05, 3.63) is 59.7 Å². The molecule has 2 rings (SSSR count). The lowest BCUT2D eigenvalue weighted by molar-refractivity contribution is -0.881. The van der Waals surface area contributed by atoms with Crippen LogP contribution in [0.4, 0.5) is 11.4 Å². The Labute approximate surface area is 177 Å². The molecule has 1 unspecified atom stereocenters. The summed E-state index contributed by atoms with van der Waals surface area (Å²) >= 11 is 0. The average molecular weight is 412 g/mol. The molecule has 2 aromatic carbocycles. The molecule has 0 aliphatic rings. The highest BCUT2D eigenvalue weighted by molar-refractivity contribution is 5.92. The van der Waals surface area contributed by atoms with E-state index in [1.165, 1.54) is 18.1 Å². The number of anilines is 2. The van der Waals surface area contributed by atoms with E-state index in [1.807, 2.05) is 19.1 Å². The van der Waals surface area contributed by atoms with Crippen LogP contribution in [0.2, 0.25) is 0 Å². The maximum absolute atomic E-state index is 12.3. The van der Waals surface area contributed by atoms with Gasteiger partial charge in [0.2, 0.25) is 5.91 Å². The smallest absolute Gasteiger partial charge is 0.279 e. The molecule has 0 bridgehead atoms. The highest BCUT2D eigenvalue weighted by Gasteiger charge is 2.16. The van der Waals surface area contributed by atoms with Gasteiger partial charge in [-0.2, -0.15) is 0 Å². The van der Waals surface area contributed by atoms with Crippen LogP contribution in [0.1, 0.15) is 25.0 Å². The summed E-state index contributed by atoms with van der Waals surface area (Å²) in [5.74, 6) is -0.370. The maximum atomic E-state index is 12.3. The number of amides is 3. The van der Waals surface area contributed by atoms with Gasteiger partial charge in [0.1, 0.15) is 0 Å². The lowest BCUT2D eigenvalue weighted by atomic mass is 10.1. The summed E-state index contributed by atoms with van der Waals surface area (Å²) in [7, 11) is 0. The van der Waals surface area contributed by atoms with Crippen molar-refractivity contribution in [2.24, 2.45) is 0 Å². The first kappa shape index (κ1) is 23.1. The third kappa shape index (κ3) is 8.05. The van der Waals surface area contributed by atoms with Crippen LogP contribution in [0.15, 0.2) is 48.5 Å². The standard InChI is InChI=1S/C23H30N4O3/c1-4-27(15-22(29)24-14-13-19-8-6-5-7-17(19)2)16-23(30)26-21-11-9-20(10-12-21)25-18(3)28/h5-12H,4,13-16H2,1-3H3,(H,24,29)(H,25,28)(H,26,30)/p+1. The summed E-state index contributed by atoms with van der Waals surface area (Å²) < 4.78 is 0. The predicted molar refractivity (Wildman–Crippen MR) is 119 cm³/mol. The normalized spacial score (nSPS) is 11.4. The highest BCUT2D eigenvalue weighted by atomic mass is 16.2. The third-order valence-corrected chi connectivity index (χ3v) is 4.79. The Balaban J connectivity index is 1.75. The Bertz CT molecular complexity index is 865. The summed E-state index contributed by atoms with van der Waals surface area (Å²) in [5.41, 5.74) is 3.76. The van der Waals surface area contributed by atoms with E-state index in [-0.39, 0.29) is 30.8 Å². The Kier molecular flexibility index (Phi) is 9.03. The van der Waals surface area contributed by atoms with Crippen LogP contribution in [-0.4, -0.2) is 43.9 Å². The van der Waals surface area contributed by atoms with E-state index in [2.05, 4.69) is 35.0 Å². The first-order chi connectivity index (χ1) is 14.4. The number of nitrogens with one attached hydrogen (secondary N) is 4. The van der Waals surface area contributed by atoms with Crippen LogP contribution in [0.25, 0.3) is 0 Å². The fourth-order valence-corrected chi connectivity index (χ4v) is 3.10. The molecule has 0 aliphatic carbocycles. The lowest BCUT2D eigenvalue weighted by Gasteiger charge is -2.17. The van der Waals surface area contributed by atoms with Gasteiger partial charge in [-0.25, -0.2) is 0 Å². The number of carbonyl (C=O) groups is 3. The molecule has 0 saturated heterocycles. The monoisotopic (exact) mass is 411 g/mol. The van der Waals surface area contributed by atoms with Crippen LogP contribution in [0, 0.1) is 6.92 Å². The van der Waals surface area contributed by atoms with Crippen molar-refractivity contribution >= 4 is 29.1 Å². The van der Waals surface area contributed by atoms with Crippen molar-refractivity contribution in [3.63, 3.8) is 0 Å². The predicted octanol–water partition coefficient (Wildman–Crippen LogP) is 1.16. The molecule has 1 atom stereocenters. The molecule has 2 aromatic rings. The summed E-state index contributed by atoms with van der Waals surface area (Å²) in [5, 5.41) is 8.45. The zero-order valence-corrected chi connectivity index (χ0v) is 17.9. The molecule has 0 aliphatic heterocycles. The van der Waals surface area contributed by atoms with E-state index in [0.29, 0.717) is 24.5 Å². The minimum atomic E-state index is -0.160. The molecule has 0 radical (unpaired) electrons. The number of hydrogen-bond acceptors (Lipinski definition) is 3. The van der Waals surface area contributed by atoms with Crippen LogP contribution >= 0.6 is 0 Å². The second-order valence-electron chi connectivity index (χ2n) is 7.29. The molecule has 30 heavy (non-hydrogen) atoms. The zero-order chi connectivity index (χ0) is 21.9. The fourth-order valence-electron chi connectivity index (χ4n) is 3.10. The number of hydrogen-bond donors (Lipinski definition) is 4. The van der Waals surface area contributed by atoms with Gasteiger partial charge in [0, 0.05) is 24.8 Å². The average Bonchev–Trinajstić information content (AvgIpc) is 2.70. The van der Waals surface area contributed by atoms with E-state index < -0.39 is 0 Å². The third-order valence-electron chi connectivity index (χ3n) is 4.79. The molecule has 0 spiro atoms. The largest absolute Gasteiger partial charge is 0.351 e. The van der Waals surface area contributed by atoms with Gasteiger partial charge >= 0.3 is 0 Å². The Hall–Kier alpha value is -3.19. The van der Waals surface area contributed by atoms with Gasteiger partial charge in [-0.1, -0.05) is 24.3 Å². The number of likely N-dealkylation sites (N-methyl/N-ethyl adjacent to an activating group) is 1. The fraction of sp³-hybridized carbons (Fsp3) is 0.348. The molecule has 0 aromatic heterocycles. The van der Waals surface area contributed by atoms with Crippen molar-refractivity contribution in [2.75, 3.05) is 36.8 Å². The van der Waals surface area contributed by atoms with E-state index in [0.717, 1.165) is 11.3 Å². The van der Waals surface area contributed by atoms with Gasteiger partial charge in [0.05, 0.1) is 6.54 Å². The Morgan fingerprint density at radius 2 is 1.47 bits per heavy atom. The van der Waals surface area contributed by atoms with E-state index in [4.69, 9.17) is 0 Å². The van der Waals surface area contributed by atoms with Crippen molar-refractivity contribution in [1.29, 1.82) is 0 Å². The first-order valence-electron chi connectivity index (χ1n) is 10.2. The van der Waals surface area contributed by atoms with Crippen molar-refractivity contribution < 1.29 is 19.3 Å².